The van der Waals surface area contributed by atoms with Crippen LogP contribution in [0.5, 0.6) is 0 Å². The van der Waals surface area contributed by atoms with E-state index in [1.165, 1.54) is 11.8 Å². The van der Waals surface area contributed by atoms with Crippen molar-refractivity contribution in [1.82, 2.24) is 5.43 Å². The van der Waals surface area contributed by atoms with Crippen LogP contribution in [0.1, 0.15) is 0 Å². The van der Waals surface area contributed by atoms with Crippen LogP contribution in [0.4, 0.5) is 0 Å². The minimum atomic E-state index is 0.104. The van der Waals surface area contributed by atoms with Crippen LogP contribution in [-0.2, 0) is 0 Å². The Balaban J connectivity index is 2.50. The molecule has 0 aromatic rings. The minimum Gasteiger partial charge on any atom is -0.493 e. The molecule has 0 bridgehead atoms. The minimum absolute atomic E-state index is 0.104. The van der Waals surface area contributed by atoms with Gasteiger partial charge in [0.05, 0.1) is 5.55 Å². The Kier molecular flexibility index (Phi) is 1.21. The molecule has 2 N–H and O–H groups in total. The summed E-state index contributed by atoms with van der Waals surface area (Å²) in [4.78, 5) is 0. The van der Waals surface area contributed by atoms with Gasteiger partial charge in [-0.15, -0.1) is 0 Å². The first-order valence-corrected chi connectivity index (χ1v) is 2.66. The summed E-state index contributed by atoms with van der Waals surface area (Å²) in [7, 11) is 0. The third-order valence-corrected chi connectivity index (χ3v) is 1.06. The van der Waals surface area contributed by atoms with Crippen LogP contribution in [0.15, 0.2) is 16.4 Å². The van der Waals surface area contributed by atoms with E-state index in [0.29, 0.717) is 0 Å². The molecule has 0 atom stereocenters. The van der Waals surface area contributed by atoms with Crippen molar-refractivity contribution >= 4 is 17.3 Å². The van der Waals surface area contributed by atoms with Crippen LogP contribution in [0, 0.1) is 0 Å². The molecule has 0 aliphatic carbocycles. The predicted molar refractivity (Wildman–Crippen MR) is 29.9 cm³/mol. The first kappa shape index (κ1) is 4.52. The summed E-state index contributed by atoms with van der Waals surface area (Å²) in [6, 6.07) is 0. The van der Waals surface area contributed by atoms with Crippen molar-refractivity contribution in [2.24, 2.45) is 5.10 Å². The Bertz CT molecular complexity index is 120. The second-order valence-electron chi connectivity index (χ2n) is 0.985. The first-order chi connectivity index (χ1) is 3.39. The van der Waals surface area contributed by atoms with Crippen LogP contribution in [0.25, 0.3) is 0 Å². The van der Waals surface area contributed by atoms with Crippen LogP contribution < -0.4 is 5.43 Å². The van der Waals surface area contributed by atoms with Gasteiger partial charge in [0.25, 0.3) is 0 Å². The zero-order valence-electron chi connectivity index (χ0n) is 3.46. The summed E-state index contributed by atoms with van der Waals surface area (Å²) in [5.41, 5.74) is 3.94. The fourth-order valence-electron chi connectivity index (χ4n) is 0.244. The lowest BCUT2D eigenvalue weighted by Crippen LogP contribution is -2.05. The van der Waals surface area contributed by atoms with Crippen molar-refractivity contribution in [3.05, 3.63) is 11.3 Å². The average molecular weight is 116 g/mol. The summed E-state index contributed by atoms with van der Waals surface area (Å²) in [5, 5.41) is 13.6. The fourth-order valence-corrected chi connectivity index (χ4v) is 0.600. The lowest BCUT2D eigenvalue weighted by Gasteiger charge is -1.98. The van der Waals surface area contributed by atoms with Gasteiger partial charge in [0, 0.05) is 5.41 Å². The third-order valence-electron chi connectivity index (χ3n) is 0.472. The molecule has 0 radical (unpaired) electrons. The number of thioether (sulfide) groups is 1. The lowest BCUT2D eigenvalue weighted by atomic mass is 10.9. The summed E-state index contributed by atoms with van der Waals surface area (Å²) in [6.07, 6.45) is 0. The molecule has 0 aromatic heterocycles. The molecule has 0 unspecified atom stereocenters. The van der Waals surface area contributed by atoms with Gasteiger partial charge in [-0.25, -0.2) is 5.43 Å². The number of hydrazone groups is 1. The number of hydrogen-bond acceptors (Lipinski definition) is 4. The molecule has 0 saturated carbocycles. The molecule has 7 heavy (non-hydrogen) atoms. The van der Waals surface area contributed by atoms with Gasteiger partial charge in [0.2, 0.25) is 5.88 Å². The van der Waals surface area contributed by atoms with E-state index in [9.17, 15) is 0 Å². The number of nitrogens with zero attached hydrogens (tertiary/aromatic N) is 1. The normalized spacial score (nSPS) is 18.0. The summed E-state index contributed by atoms with van der Waals surface area (Å²) in [6.45, 7) is 0. The van der Waals surface area contributed by atoms with E-state index in [1.807, 2.05) is 0 Å². The monoisotopic (exact) mass is 116 g/mol. The van der Waals surface area contributed by atoms with Crippen LogP contribution in [0.3, 0.4) is 0 Å². The maximum Gasteiger partial charge on any atom is 0.211 e. The first-order valence-electron chi connectivity index (χ1n) is 1.72. The topological polar surface area (TPSA) is 44.6 Å². The largest absolute Gasteiger partial charge is 0.493 e. The van der Waals surface area contributed by atoms with Crippen LogP contribution >= 0.6 is 11.8 Å². The van der Waals surface area contributed by atoms with Gasteiger partial charge >= 0.3 is 0 Å². The Morgan fingerprint density at radius 1 is 1.86 bits per heavy atom. The average Bonchev–Trinajstić information content (AvgIpc) is 1.69. The van der Waals surface area contributed by atoms with E-state index < -0.39 is 0 Å². The summed E-state index contributed by atoms with van der Waals surface area (Å²) in [5.74, 6) is 0.104. The van der Waals surface area contributed by atoms with Gasteiger partial charge in [-0.05, 0) is 0 Å². The van der Waals surface area contributed by atoms with E-state index in [2.05, 4.69) is 10.5 Å². The van der Waals surface area contributed by atoms with Gasteiger partial charge in [0.15, 0.2) is 0 Å². The van der Waals surface area contributed by atoms with Crippen LogP contribution in [-0.4, -0.2) is 10.7 Å². The van der Waals surface area contributed by atoms with E-state index in [-0.39, 0.29) is 5.88 Å². The highest BCUT2D eigenvalue weighted by atomic mass is 32.2. The molecule has 1 aliphatic heterocycles. The second-order valence-corrected chi connectivity index (χ2v) is 1.70. The van der Waals surface area contributed by atoms with Gasteiger partial charge in [0.1, 0.15) is 0 Å². The Hall–Kier alpha value is -0.640. The zero-order valence-corrected chi connectivity index (χ0v) is 4.27. The Morgan fingerprint density at radius 2 is 2.71 bits per heavy atom. The van der Waals surface area contributed by atoms with E-state index in [1.54, 1.807) is 11.0 Å². The second kappa shape index (κ2) is 1.88. The lowest BCUT2D eigenvalue weighted by molar-refractivity contribution is 0.370. The molecule has 3 nitrogen and oxygen atoms in total. The molecule has 38 valence electrons. The van der Waals surface area contributed by atoms with Crippen molar-refractivity contribution < 1.29 is 5.11 Å². The molecule has 4 heteroatoms. The highest BCUT2D eigenvalue weighted by Gasteiger charge is 1.89. The quantitative estimate of drug-likeness (QED) is 0.487. The Morgan fingerprint density at radius 3 is 3.00 bits per heavy atom. The number of aliphatic hydroxyl groups is 1. The van der Waals surface area contributed by atoms with Crippen molar-refractivity contribution in [1.29, 1.82) is 0 Å². The van der Waals surface area contributed by atoms with Gasteiger partial charge < -0.3 is 5.11 Å². The molecular weight excluding hydrogens is 112 g/mol. The maximum atomic E-state index is 8.52. The van der Waals surface area contributed by atoms with Crippen molar-refractivity contribution in [3.8, 4) is 0 Å². The third kappa shape index (κ3) is 1.12. The van der Waals surface area contributed by atoms with Gasteiger partial charge in [-0.3, -0.25) is 0 Å². The highest BCUT2D eigenvalue weighted by Crippen LogP contribution is 2.02. The number of rotatable bonds is 0. The molecule has 0 aromatic carbocycles. The van der Waals surface area contributed by atoms with E-state index >= 15 is 0 Å². The predicted octanol–water partition coefficient (Wildman–Crippen LogP) is 0.623. The molecular formula is C3H4N2OS. The van der Waals surface area contributed by atoms with E-state index in [0.717, 1.165) is 0 Å². The highest BCUT2D eigenvalue weighted by molar-refractivity contribution is 8.14. The van der Waals surface area contributed by atoms with Gasteiger partial charge in [-0.2, -0.15) is 5.10 Å². The van der Waals surface area contributed by atoms with Crippen molar-refractivity contribution in [3.63, 3.8) is 0 Å². The zero-order chi connectivity index (χ0) is 5.11. The fraction of sp³-hybridized carbons (Fsp3) is 0. The molecule has 0 spiro atoms. The molecule has 1 aliphatic rings. The molecule has 0 fully saturated rings. The number of hydrogen-bond donors (Lipinski definition) is 2. The van der Waals surface area contributed by atoms with Crippen molar-refractivity contribution in [2.45, 2.75) is 0 Å². The summed E-state index contributed by atoms with van der Waals surface area (Å²) >= 11 is 1.34. The maximum absolute atomic E-state index is 8.52. The number of aliphatic hydroxyl groups excluding tert-OH is 1. The van der Waals surface area contributed by atoms with Gasteiger partial charge in [-0.1, -0.05) is 11.8 Å². The number of nitrogens with one attached hydrogen (secondary N) is 1. The summed E-state index contributed by atoms with van der Waals surface area (Å²) < 4.78 is 0. The van der Waals surface area contributed by atoms with Crippen molar-refractivity contribution in [2.75, 3.05) is 0 Å². The van der Waals surface area contributed by atoms with Crippen LogP contribution in [0.2, 0.25) is 0 Å². The standard InChI is InChI=1S/C3H4N2OS/c6-3-1-7-2-4-5-3/h1-2,5-6H. The SMILES string of the molecule is OC1=CSC=NN1. The molecule has 0 saturated heterocycles. The smallest absolute Gasteiger partial charge is 0.211 e. The molecule has 1 heterocycles. The molecule has 1 rings (SSSR count). The molecule has 0 amide bonds. The Labute approximate surface area is 45.1 Å². The van der Waals surface area contributed by atoms with E-state index in [4.69, 9.17) is 5.11 Å².